The van der Waals surface area contributed by atoms with Crippen LogP contribution in [0.1, 0.15) is 31.1 Å². The van der Waals surface area contributed by atoms with Crippen LogP contribution in [0.15, 0.2) is 50.5 Å². The molecule has 0 spiro atoms. The smallest absolute Gasteiger partial charge is 0.331 e. The number of thioether (sulfide) groups is 1. The molecule has 0 bridgehead atoms. The Kier molecular flexibility index (Phi) is 5.01. The minimum atomic E-state index is -0.753. The molecule has 0 aliphatic carbocycles. The number of benzene rings is 1. The molecular weight excluding hydrogens is 336 g/mol. The Morgan fingerprint density at radius 3 is 2.52 bits per heavy atom. The standard InChI is InChI=1S/C19H22N2O3S/c1-12(2)10-21-18-15(17(23)20(3)19(21)24)9-14(11-25-18)16(22)13-7-5-4-6-8-13/h4-9,12,16,22H,10-11H2,1-3H3. The summed E-state index contributed by atoms with van der Waals surface area (Å²) in [6.07, 6.45) is 0.999. The first-order valence-electron chi connectivity index (χ1n) is 8.30. The van der Waals surface area contributed by atoms with E-state index in [1.165, 1.54) is 18.8 Å². The van der Waals surface area contributed by atoms with Crippen LogP contribution >= 0.6 is 11.8 Å². The Hall–Kier alpha value is -2.05. The Balaban J connectivity index is 2.12. The third kappa shape index (κ3) is 3.37. The molecule has 1 aromatic carbocycles. The minimum Gasteiger partial charge on any atom is -0.384 e. The molecule has 1 atom stereocenters. The highest BCUT2D eigenvalue weighted by molar-refractivity contribution is 7.99. The van der Waals surface area contributed by atoms with Gasteiger partial charge in [0.1, 0.15) is 6.10 Å². The molecule has 1 aliphatic rings. The number of fused-ring (bicyclic) bond motifs is 1. The van der Waals surface area contributed by atoms with Gasteiger partial charge in [-0.2, -0.15) is 0 Å². The van der Waals surface area contributed by atoms with Crippen molar-refractivity contribution in [2.75, 3.05) is 5.75 Å². The van der Waals surface area contributed by atoms with Crippen LogP contribution in [0.3, 0.4) is 0 Å². The summed E-state index contributed by atoms with van der Waals surface area (Å²) in [7, 11) is 1.50. The number of aromatic nitrogens is 2. The van der Waals surface area contributed by atoms with Crippen molar-refractivity contribution in [3.8, 4) is 0 Å². The van der Waals surface area contributed by atoms with Crippen LogP contribution in [0.25, 0.3) is 6.08 Å². The average Bonchev–Trinajstić information content (AvgIpc) is 2.63. The van der Waals surface area contributed by atoms with Gasteiger partial charge in [0.15, 0.2) is 0 Å². The summed E-state index contributed by atoms with van der Waals surface area (Å²) >= 11 is 1.45. The number of rotatable bonds is 4. The van der Waals surface area contributed by atoms with E-state index in [-0.39, 0.29) is 11.2 Å². The third-order valence-corrected chi connectivity index (χ3v) is 5.44. The molecule has 5 nitrogen and oxygen atoms in total. The van der Waals surface area contributed by atoms with Crippen LogP contribution in [0.5, 0.6) is 0 Å². The van der Waals surface area contributed by atoms with Gasteiger partial charge in [-0.3, -0.25) is 13.9 Å². The van der Waals surface area contributed by atoms with E-state index in [9.17, 15) is 14.7 Å². The fraction of sp³-hybridized carbons (Fsp3) is 0.368. The maximum absolute atomic E-state index is 12.6. The second-order valence-electron chi connectivity index (χ2n) is 6.69. The summed E-state index contributed by atoms with van der Waals surface area (Å²) in [5, 5.41) is 11.3. The number of nitrogens with zero attached hydrogens (tertiary/aromatic N) is 2. The molecule has 0 amide bonds. The van der Waals surface area contributed by atoms with Crippen molar-refractivity contribution in [2.24, 2.45) is 13.0 Å². The summed E-state index contributed by atoms with van der Waals surface area (Å²) < 4.78 is 2.82. The van der Waals surface area contributed by atoms with Gasteiger partial charge in [-0.25, -0.2) is 4.79 Å². The molecular formula is C19H22N2O3S. The van der Waals surface area contributed by atoms with Crippen LogP contribution in [0, 0.1) is 5.92 Å². The number of hydrogen-bond donors (Lipinski definition) is 1. The van der Waals surface area contributed by atoms with Gasteiger partial charge in [0.2, 0.25) is 0 Å². The van der Waals surface area contributed by atoms with E-state index < -0.39 is 6.10 Å². The van der Waals surface area contributed by atoms with E-state index in [4.69, 9.17) is 0 Å². The Morgan fingerprint density at radius 2 is 1.88 bits per heavy atom. The van der Waals surface area contributed by atoms with E-state index >= 15 is 0 Å². The normalized spacial score (nSPS) is 15.0. The van der Waals surface area contributed by atoms with Crippen molar-refractivity contribution in [1.29, 1.82) is 0 Å². The van der Waals surface area contributed by atoms with Gasteiger partial charge in [-0.15, -0.1) is 11.8 Å². The first-order chi connectivity index (χ1) is 11.9. The van der Waals surface area contributed by atoms with Crippen LogP contribution in [0.4, 0.5) is 0 Å². The molecule has 0 radical (unpaired) electrons. The van der Waals surface area contributed by atoms with Crippen LogP contribution in [-0.4, -0.2) is 20.0 Å². The van der Waals surface area contributed by atoms with E-state index in [1.807, 2.05) is 44.2 Å². The van der Waals surface area contributed by atoms with Gasteiger partial charge in [0.05, 0.1) is 10.6 Å². The number of aliphatic hydroxyl groups is 1. The largest absolute Gasteiger partial charge is 0.384 e. The number of aliphatic hydroxyl groups excluding tert-OH is 1. The van der Waals surface area contributed by atoms with Crippen molar-refractivity contribution in [2.45, 2.75) is 31.5 Å². The molecule has 132 valence electrons. The monoisotopic (exact) mass is 358 g/mol. The molecule has 1 N–H and O–H groups in total. The van der Waals surface area contributed by atoms with Gasteiger partial charge in [0.25, 0.3) is 5.56 Å². The zero-order valence-corrected chi connectivity index (χ0v) is 15.4. The summed E-state index contributed by atoms with van der Waals surface area (Å²) in [5.41, 5.74) is 1.46. The quantitative estimate of drug-likeness (QED) is 0.853. The highest BCUT2D eigenvalue weighted by atomic mass is 32.2. The van der Waals surface area contributed by atoms with Gasteiger partial charge >= 0.3 is 5.69 Å². The highest BCUT2D eigenvalue weighted by Gasteiger charge is 2.24. The van der Waals surface area contributed by atoms with Crippen LogP contribution < -0.4 is 11.2 Å². The van der Waals surface area contributed by atoms with Crippen LogP contribution in [-0.2, 0) is 13.6 Å². The molecule has 2 heterocycles. The van der Waals surface area contributed by atoms with Crippen molar-refractivity contribution in [3.63, 3.8) is 0 Å². The van der Waals surface area contributed by atoms with Crippen molar-refractivity contribution in [3.05, 3.63) is 67.9 Å². The Morgan fingerprint density at radius 1 is 1.20 bits per heavy atom. The molecule has 0 fully saturated rings. The van der Waals surface area contributed by atoms with Gasteiger partial charge in [-0.05, 0) is 23.1 Å². The molecule has 1 aromatic heterocycles. The molecule has 1 aliphatic heterocycles. The van der Waals surface area contributed by atoms with E-state index in [1.54, 1.807) is 10.6 Å². The van der Waals surface area contributed by atoms with Crippen molar-refractivity contribution in [1.82, 2.24) is 9.13 Å². The summed E-state index contributed by atoms with van der Waals surface area (Å²) in [4.78, 5) is 25.1. The molecule has 1 unspecified atom stereocenters. The topological polar surface area (TPSA) is 64.2 Å². The van der Waals surface area contributed by atoms with Gasteiger partial charge < -0.3 is 5.11 Å². The second-order valence-corrected chi connectivity index (χ2v) is 7.66. The zero-order valence-electron chi connectivity index (χ0n) is 14.6. The molecule has 0 saturated carbocycles. The zero-order chi connectivity index (χ0) is 18.1. The average molecular weight is 358 g/mol. The first kappa shape index (κ1) is 17.8. The van der Waals surface area contributed by atoms with Crippen LogP contribution in [0.2, 0.25) is 0 Å². The van der Waals surface area contributed by atoms with E-state index in [2.05, 4.69) is 0 Å². The fourth-order valence-electron chi connectivity index (χ4n) is 2.96. The lowest BCUT2D eigenvalue weighted by molar-refractivity contribution is 0.217. The SMILES string of the molecule is CC(C)Cn1c2c(c(=O)n(C)c1=O)C=C(C(O)c1ccccc1)CS2. The maximum atomic E-state index is 12.6. The van der Waals surface area contributed by atoms with E-state index in [0.29, 0.717) is 28.8 Å². The van der Waals surface area contributed by atoms with Gasteiger partial charge in [0, 0.05) is 19.3 Å². The lowest BCUT2D eigenvalue weighted by Crippen LogP contribution is -2.41. The van der Waals surface area contributed by atoms with Crippen molar-refractivity contribution < 1.29 is 5.11 Å². The highest BCUT2D eigenvalue weighted by Crippen LogP contribution is 2.35. The predicted octanol–water partition coefficient (Wildman–Crippen LogP) is 2.43. The molecule has 25 heavy (non-hydrogen) atoms. The Labute approximate surface area is 150 Å². The molecule has 3 rings (SSSR count). The lowest BCUT2D eigenvalue weighted by Gasteiger charge is -2.24. The molecule has 0 saturated heterocycles. The second kappa shape index (κ2) is 7.06. The molecule has 2 aromatic rings. The maximum Gasteiger partial charge on any atom is 0.331 e. The summed E-state index contributed by atoms with van der Waals surface area (Å²) in [5.74, 6) is 0.841. The Bertz CT molecular complexity index is 926. The summed E-state index contributed by atoms with van der Waals surface area (Å²) in [6, 6.07) is 9.38. The number of hydrogen-bond acceptors (Lipinski definition) is 4. The third-order valence-electron chi connectivity index (χ3n) is 4.25. The van der Waals surface area contributed by atoms with Crippen molar-refractivity contribution >= 4 is 17.8 Å². The fourth-order valence-corrected chi connectivity index (χ4v) is 4.12. The lowest BCUT2D eigenvalue weighted by atomic mass is 10.0. The van der Waals surface area contributed by atoms with E-state index in [0.717, 1.165) is 15.7 Å². The van der Waals surface area contributed by atoms with Gasteiger partial charge in [-0.1, -0.05) is 44.2 Å². The summed E-state index contributed by atoms with van der Waals surface area (Å²) in [6.45, 7) is 4.64. The first-order valence-corrected chi connectivity index (χ1v) is 9.28. The molecule has 6 heteroatoms. The minimum absolute atomic E-state index is 0.287. The predicted molar refractivity (Wildman–Crippen MR) is 101 cm³/mol.